The third kappa shape index (κ3) is 2.23. The number of hydrogen-bond donors (Lipinski definition) is 0. The van der Waals surface area contributed by atoms with E-state index in [2.05, 4.69) is 43.6 Å². The van der Waals surface area contributed by atoms with Crippen LogP contribution in [0.4, 0.5) is 0 Å². The third-order valence-electron chi connectivity index (χ3n) is 2.66. The summed E-state index contributed by atoms with van der Waals surface area (Å²) in [5.41, 5.74) is 0.00713. The number of alkyl halides is 1. The molecule has 2 heteroatoms. The highest BCUT2D eigenvalue weighted by molar-refractivity contribution is 9.09. The van der Waals surface area contributed by atoms with Crippen LogP contribution in [0.3, 0.4) is 0 Å². The lowest BCUT2D eigenvalue weighted by molar-refractivity contribution is -0.117. The molecule has 1 aliphatic rings. The Morgan fingerprint density at radius 2 is 1.92 bits per heavy atom. The number of ether oxygens (including phenoxy) is 1. The van der Waals surface area contributed by atoms with Gasteiger partial charge in [-0.2, -0.15) is 0 Å². The molecular formula is C10H19BrO. The monoisotopic (exact) mass is 234 g/mol. The van der Waals surface area contributed by atoms with Gasteiger partial charge in [-0.05, 0) is 32.6 Å². The molecule has 0 N–H and O–H groups in total. The molecule has 1 saturated heterocycles. The Morgan fingerprint density at radius 1 is 1.33 bits per heavy atom. The Kier molecular flexibility index (Phi) is 3.21. The smallest absolute Gasteiger partial charge is 0.0754 e. The van der Waals surface area contributed by atoms with Crippen molar-refractivity contribution < 1.29 is 4.74 Å². The summed E-state index contributed by atoms with van der Waals surface area (Å²) in [6.45, 7) is 8.80. The average molecular weight is 235 g/mol. The molecule has 2 atom stereocenters. The number of halogens is 1. The molecule has 0 amide bonds. The fourth-order valence-corrected chi connectivity index (χ4v) is 2.02. The van der Waals surface area contributed by atoms with Crippen LogP contribution in [0.5, 0.6) is 0 Å². The minimum atomic E-state index is 0.00713. The molecule has 1 heterocycles. The number of hydrogen-bond acceptors (Lipinski definition) is 1. The van der Waals surface area contributed by atoms with Crippen LogP contribution in [-0.2, 0) is 4.74 Å². The van der Waals surface area contributed by atoms with E-state index < -0.39 is 0 Å². The Morgan fingerprint density at radius 3 is 2.33 bits per heavy atom. The van der Waals surface area contributed by atoms with Gasteiger partial charge in [-0.25, -0.2) is 0 Å². The molecule has 0 radical (unpaired) electrons. The molecular weight excluding hydrogens is 216 g/mol. The highest BCUT2D eigenvalue weighted by Gasteiger charge is 2.36. The maximum absolute atomic E-state index is 6.00. The lowest BCUT2D eigenvalue weighted by atomic mass is 9.91. The van der Waals surface area contributed by atoms with Gasteiger partial charge in [-0.3, -0.25) is 0 Å². The summed E-state index contributed by atoms with van der Waals surface area (Å²) >= 11 is 3.66. The van der Waals surface area contributed by atoms with Gasteiger partial charge in [-0.15, -0.1) is 0 Å². The van der Waals surface area contributed by atoms with Gasteiger partial charge in [0.2, 0.25) is 0 Å². The van der Waals surface area contributed by atoms with Crippen LogP contribution < -0.4 is 0 Å². The van der Waals surface area contributed by atoms with E-state index in [0.717, 1.165) is 0 Å². The first kappa shape index (κ1) is 10.5. The van der Waals surface area contributed by atoms with Gasteiger partial charge < -0.3 is 4.74 Å². The summed E-state index contributed by atoms with van der Waals surface area (Å²) in [6, 6.07) is 0. The van der Waals surface area contributed by atoms with E-state index in [-0.39, 0.29) is 5.60 Å². The largest absolute Gasteiger partial charge is 0.371 e. The molecule has 0 aromatic rings. The van der Waals surface area contributed by atoms with E-state index in [1.807, 2.05) is 0 Å². The van der Waals surface area contributed by atoms with Gasteiger partial charge in [0.1, 0.15) is 0 Å². The van der Waals surface area contributed by atoms with Crippen molar-refractivity contribution in [2.45, 2.75) is 57.1 Å². The summed E-state index contributed by atoms with van der Waals surface area (Å²) in [5, 5.41) is 0. The van der Waals surface area contributed by atoms with Crippen molar-refractivity contribution in [1.29, 1.82) is 0 Å². The van der Waals surface area contributed by atoms with Crippen LogP contribution in [0.15, 0.2) is 0 Å². The zero-order chi connectivity index (χ0) is 9.35. The van der Waals surface area contributed by atoms with Crippen molar-refractivity contribution in [3.63, 3.8) is 0 Å². The predicted molar refractivity (Wildman–Crippen MR) is 55.7 cm³/mol. The highest BCUT2D eigenvalue weighted by Crippen LogP contribution is 2.35. The predicted octanol–water partition coefficient (Wildman–Crippen LogP) is 3.36. The molecule has 0 saturated carbocycles. The second-order valence-corrected chi connectivity index (χ2v) is 5.65. The van der Waals surface area contributed by atoms with E-state index in [9.17, 15) is 0 Å². The summed E-state index contributed by atoms with van der Waals surface area (Å²) in [5.74, 6) is 0.643. The maximum Gasteiger partial charge on any atom is 0.0754 e. The van der Waals surface area contributed by atoms with Gasteiger partial charge >= 0.3 is 0 Å². The fraction of sp³-hybridized carbons (Fsp3) is 1.00. The van der Waals surface area contributed by atoms with Gasteiger partial charge in [0.05, 0.1) is 11.7 Å². The summed E-state index contributed by atoms with van der Waals surface area (Å²) in [7, 11) is 0. The first-order valence-electron chi connectivity index (χ1n) is 4.75. The molecule has 72 valence electrons. The fourth-order valence-electron chi connectivity index (χ4n) is 1.65. The van der Waals surface area contributed by atoms with E-state index in [1.54, 1.807) is 0 Å². The third-order valence-corrected chi connectivity index (χ3v) is 4.22. The van der Waals surface area contributed by atoms with Gasteiger partial charge in [0, 0.05) is 4.83 Å². The summed E-state index contributed by atoms with van der Waals surface area (Å²) in [6.07, 6.45) is 2.88. The molecule has 1 aliphatic heterocycles. The maximum atomic E-state index is 6.00. The SMILES string of the molecule is CC(C)[C@H]1CC[C@H](Br)C(C)(C)O1. The second-order valence-electron chi connectivity index (χ2n) is 4.55. The summed E-state index contributed by atoms with van der Waals surface area (Å²) < 4.78 is 6.00. The Balaban J connectivity index is 2.57. The Bertz CT molecular complexity index is 154. The standard InChI is InChI=1S/C10H19BrO/c1-7(2)8-5-6-9(11)10(3,4)12-8/h7-9H,5-6H2,1-4H3/t8-,9+/m1/s1. The average Bonchev–Trinajstić information content (AvgIpc) is 1.94. The van der Waals surface area contributed by atoms with Crippen LogP contribution in [0.25, 0.3) is 0 Å². The minimum absolute atomic E-state index is 0.00713. The van der Waals surface area contributed by atoms with Crippen molar-refractivity contribution in [3.05, 3.63) is 0 Å². The van der Waals surface area contributed by atoms with Crippen molar-refractivity contribution in [2.75, 3.05) is 0 Å². The molecule has 0 bridgehead atoms. The zero-order valence-electron chi connectivity index (χ0n) is 8.43. The molecule has 1 nitrogen and oxygen atoms in total. The second kappa shape index (κ2) is 3.67. The molecule has 0 spiro atoms. The zero-order valence-corrected chi connectivity index (χ0v) is 10.0. The van der Waals surface area contributed by atoms with E-state index in [1.165, 1.54) is 12.8 Å². The Hall–Kier alpha value is 0.440. The first-order valence-corrected chi connectivity index (χ1v) is 5.67. The van der Waals surface area contributed by atoms with Crippen molar-refractivity contribution in [2.24, 2.45) is 5.92 Å². The van der Waals surface area contributed by atoms with Crippen molar-refractivity contribution in [3.8, 4) is 0 Å². The van der Waals surface area contributed by atoms with Crippen LogP contribution in [0.1, 0.15) is 40.5 Å². The molecule has 0 unspecified atom stereocenters. The van der Waals surface area contributed by atoms with Gasteiger partial charge in [0.25, 0.3) is 0 Å². The van der Waals surface area contributed by atoms with Crippen LogP contribution in [0, 0.1) is 5.92 Å². The Labute approximate surface area is 84.0 Å². The van der Waals surface area contributed by atoms with Crippen LogP contribution >= 0.6 is 15.9 Å². The lowest BCUT2D eigenvalue weighted by Crippen LogP contribution is -2.45. The molecule has 0 aromatic carbocycles. The molecule has 12 heavy (non-hydrogen) atoms. The highest BCUT2D eigenvalue weighted by atomic mass is 79.9. The van der Waals surface area contributed by atoms with E-state index >= 15 is 0 Å². The van der Waals surface area contributed by atoms with Crippen molar-refractivity contribution in [1.82, 2.24) is 0 Å². The molecule has 1 fully saturated rings. The van der Waals surface area contributed by atoms with Gasteiger partial charge in [0.15, 0.2) is 0 Å². The van der Waals surface area contributed by atoms with E-state index in [4.69, 9.17) is 4.74 Å². The normalized spacial score (nSPS) is 35.5. The van der Waals surface area contributed by atoms with Crippen LogP contribution in [-0.4, -0.2) is 16.5 Å². The molecule has 1 rings (SSSR count). The lowest BCUT2D eigenvalue weighted by Gasteiger charge is -2.41. The molecule has 0 aromatic heterocycles. The quantitative estimate of drug-likeness (QED) is 0.633. The minimum Gasteiger partial charge on any atom is -0.371 e. The van der Waals surface area contributed by atoms with Crippen molar-refractivity contribution >= 4 is 15.9 Å². The topological polar surface area (TPSA) is 9.23 Å². The van der Waals surface area contributed by atoms with E-state index in [0.29, 0.717) is 16.8 Å². The number of rotatable bonds is 1. The van der Waals surface area contributed by atoms with Gasteiger partial charge in [-0.1, -0.05) is 29.8 Å². The molecule has 0 aliphatic carbocycles. The first-order chi connectivity index (χ1) is 5.43. The van der Waals surface area contributed by atoms with Crippen LogP contribution in [0.2, 0.25) is 0 Å². The summed E-state index contributed by atoms with van der Waals surface area (Å²) in [4.78, 5) is 0.514.